The van der Waals surface area contributed by atoms with E-state index < -0.39 is 35.7 Å². The third-order valence-electron chi connectivity index (χ3n) is 3.00. The number of benzene rings is 1. The number of hydrogen-bond donors (Lipinski definition) is 2. The highest BCUT2D eigenvalue weighted by Crippen LogP contribution is 2.04. The van der Waals surface area contributed by atoms with Crippen LogP contribution in [0.4, 0.5) is 4.39 Å². The normalized spacial score (nSPS) is 13.4. The summed E-state index contributed by atoms with van der Waals surface area (Å²) in [7, 11) is 0. The SMILES string of the molecule is CC(C)[C@H](N)C(=O)OC(=O)[C@H](C)NC(=O)c1ccc(F)cc1. The van der Waals surface area contributed by atoms with Gasteiger partial charge in [-0.3, -0.25) is 4.79 Å². The molecule has 1 rings (SSSR count). The summed E-state index contributed by atoms with van der Waals surface area (Å²) in [6.07, 6.45) is 0. The second-order valence-corrected chi connectivity index (χ2v) is 5.21. The van der Waals surface area contributed by atoms with E-state index in [1.54, 1.807) is 13.8 Å². The molecule has 0 radical (unpaired) electrons. The van der Waals surface area contributed by atoms with Crippen molar-refractivity contribution in [1.82, 2.24) is 5.32 Å². The van der Waals surface area contributed by atoms with Crippen molar-refractivity contribution in [3.63, 3.8) is 0 Å². The molecule has 0 spiro atoms. The topological polar surface area (TPSA) is 98.5 Å². The Hall–Kier alpha value is -2.28. The smallest absolute Gasteiger partial charge is 0.336 e. The van der Waals surface area contributed by atoms with Gasteiger partial charge in [0.1, 0.15) is 17.9 Å². The summed E-state index contributed by atoms with van der Waals surface area (Å²) < 4.78 is 17.4. The zero-order valence-corrected chi connectivity index (χ0v) is 12.6. The highest BCUT2D eigenvalue weighted by Gasteiger charge is 2.25. The van der Waals surface area contributed by atoms with Gasteiger partial charge in [-0.15, -0.1) is 0 Å². The molecule has 0 aliphatic heterocycles. The molecule has 0 unspecified atom stereocenters. The molecule has 0 bridgehead atoms. The predicted molar refractivity (Wildman–Crippen MR) is 77.2 cm³/mol. The lowest BCUT2D eigenvalue weighted by Gasteiger charge is -2.16. The second-order valence-electron chi connectivity index (χ2n) is 5.21. The van der Waals surface area contributed by atoms with Crippen LogP contribution in [0.3, 0.4) is 0 Å². The van der Waals surface area contributed by atoms with Crippen LogP contribution in [0, 0.1) is 11.7 Å². The molecular weight excluding hydrogens is 291 g/mol. The first-order chi connectivity index (χ1) is 10.2. The summed E-state index contributed by atoms with van der Waals surface area (Å²) in [4.78, 5) is 35.1. The standard InChI is InChI=1S/C15H19FN2O4/c1-8(2)12(17)15(21)22-14(20)9(3)18-13(19)10-4-6-11(16)7-5-10/h4-9,12H,17H2,1-3H3,(H,18,19)/t9-,12-/m0/s1. The number of esters is 2. The van der Waals surface area contributed by atoms with Gasteiger partial charge in [-0.2, -0.15) is 0 Å². The Bertz CT molecular complexity index is 557. The molecule has 0 aliphatic carbocycles. The van der Waals surface area contributed by atoms with Crippen molar-refractivity contribution in [2.24, 2.45) is 11.7 Å². The number of ether oxygens (including phenoxy) is 1. The number of hydrogen-bond acceptors (Lipinski definition) is 5. The number of rotatable bonds is 5. The van der Waals surface area contributed by atoms with Crippen LogP contribution in [0.5, 0.6) is 0 Å². The average molecular weight is 310 g/mol. The van der Waals surface area contributed by atoms with Gasteiger partial charge < -0.3 is 15.8 Å². The van der Waals surface area contributed by atoms with Crippen molar-refractivity contribution in [3.8, 4) is 0 Å². The minimum absolute atomic E-state index is 0.176. The molecule has 2 atom stereocenters. The summed E-state index contributed by atoms with van der Waals surface area (Å²) in [6, 6.07) is 2.86. The molecule has 0 aliphatic rings. The molecule has 120 valence electrons. The van der Waals surface area contributed by atoms with Gasteiger partial charge in [0.15, 0.2) is 0 Å². The molecule has 3 N–H and O–H groups in total. The van der Waals surface area contributed by atoms with Crippen molar-refractivity contribution in [3.05, 3.63) is 35.6 Å². The molecular formula is C15H19FN2O4. The maximum absolute atomic E-state index is 12.8. The minimum Gasteiger partial charge on any atom is -0.390 e. The highest BCUT2D eigenvalue weighted by molar-refractivity contribution is 5.98. The summed E-state index contributed by atoms with van der Waals surface area (Å²) in [6.45, 7) is 4.81. The van der Waals surface area contributed by atoms with E-state index in [0.717, 1.165) is 12.1 Å². The van der Waals surface area contributed by atoms with Gasteiger partial charge in [-0.05, 0) is 37.1 Å². The van der Waals surface area contributed by atoms with E-state index in [4.69, 9.17) is 5.73 Å². The maximum atomic E-state index is 12.8. The molecule has 0 aromatic heterocycles. The predicted octanol–water partition coefficient (Wildman–Crippen LogP) is 0.997. The Morgan fingerprint density at radius 1 is 1.09 bits per heavy atom. The van der Waals surface area contributed by atoms with Crippen molar-refractivity contribution in [2.75, 3.05) is 0 Å². The summed E-state index contributed by atoms with van der Waals surface area (Å²) >= 11 is 0. The number of amides is 1. The minimum atomic E-state index is -1.04. The first-order valence-corrected chi connectivity index (χ1v) is 6.80. The third-order valence-corrected chi connectivity index (χ3v) is 3.00. The summed E-state index contributed by atoms with van der Waals surface area (Å²) in [5.74, 6) is -2.98. The van der Waals surface area contributed by atoms with Gasteiger partial charge in [0.05, 0.1) is 0 Å². The maximum Gasteiger partial charge on any atom is 0.336 e. The largest absolute Gasteiger partial charge is 0.390 e. The second kappa shape index (κ2) is 7.65. The van der Waals surface area contributed by atoms with E-state index in [2.05, 4.69) is 10.1 Å². The van der Waals surface area contributed by atoms with E-state index in [9.17, 15) is 18.8 Å². The average Bonchev–Trinajstić information content (AvgIpc) is 2.46. The van der Waals surface area contributed by atoms with E-state index in [-0.39, 0.29) is 11.5 Å². The Kier molecular flexibility index (Phi) is 6.18. The molecule has 6 nitrogen and oxygen atoms in total. The van der Waals surface area contributed by atoms with Gasteiger partial charge in [0, 0.05) is 5.56 Å². The van der Waals surface area contributed by atoms with Gasteiger partial charge >= 0.3 is 11.9 Å². The van der Waals surface area contributed by atoms with Gasteiger partial charge in [0.25, 0.3) is 5.91 Å². The van der Waals surface area contributed by atoms with Crippen molar-refractivity contribution in [1.29, 1.82) is 0 Å². The van der Waals surface area contributed by atoms with Crippen molar-refractivity contribution >= 4 is 17.8 Å². The fourth-order valence-corrected chi connectivity index (χ4v) is 1.47. The number of halogens is 1. The highest BCUT2D eigenvalue weighted by atomic mass is 19.1. The van der Waals surface area contributed by atoms with E-state index in [1.165, 1.54) is 19.1 Å². The number of carbonyl (C=O) groups is 3. The van der Waals surface area contributed by atoms with Gasteiger partial charge in [-0.1, -0.05) is 13.8 Å². The molecule has 1 aromatic carbocycles. The summed E-state index contributed by atoms with van der Waals surface area (Å²) in [5, 5.41) is 2.36. The third kappa shape index (κ3) is 4.92. The zero-order valence-electron chi connectivity index (χ0n) is 12.6. The lowest BCUT2D eigenvalue weighted by atomic mass is 10.1. The monoisotopic (exact) mass is 310 g/mol. The van der Waals surface area contributed by atoms with Crippen molar-refractivity contribution in [2.45, 2.75) is 32.9 Å². The van der Waals surface area contributed by atoms with Crippen molar-refractivity contribution < 1.29 is 23.5 Å². The van der Waals surface area contributed by atoms with Crippen LogP contribution in [0.1, 0.15) is 31.1 Å². The van der Waals surface area contributed by atoms with E-state index >= 15 is 0 Å². The van der Waals surface area contributed by atoms with Gasteiger partial charge in [0.2, 0.25) is 0 Å². The van der Waals surface area contributed by atoms with E-state index in [1.807, 2.05) is 0 Å². The lowest BCUT2D eigenvalue weighted by molar-refractivity contribution is -0.162. The molecule has 0 saturated carbocycles. The van der Waals surface area contributed by atoms with Crippen LogP contribution in [0.25, 0.3) is 0 Å². The van der Waals surface area contributed by atoms with Crippen LogP contribution in [0.15, 0.2) is 24.3 Å². The Morgan fingerprint density at radius 2 is 1.64 bits per heavy atom. The molecule has 0 heterocycles. The molecule has 1 aromatic rings. The van der Waals surface area contributed by atoms with Crippen LogP contribution in [-0.2, 0) is 14.3 Å². The molecule has 0 saturated heterocycles. The zero-order chi connectivity index (χ0) is 16.9. The number of carbonyl (C=O) groups excluding carboxylic acids is 3. The molecule has 7 heteroatoms. The number of nitrogens with one attached hydrogen (secondary N) is 1. The van der Waals surface area contributed by atoms with Crippen LogP contribution < -0.4 is 11.1 Å². The quantitative estimate of drug-likeness (QED) is 0.624. The Balaban J connectivity index is 2.59. The fraction of sp³-hybridized carbons (Fsp3) is 0.400. The Morgan fingerprint density at radius 3 is 2.14 bits per heavy atom. The lowest BCUT2D eigenvalue weighted by Crippen LogP contribution is -2.44. The fourth-order valence-electron chi connectivity index (χ4n) is 1.47. The van der Waals surface area contributed by atoms with E-state index in [0.29, 0.717) is 0 Å². The molecule has 22 heavy (non-hydrogen) atoms. The Labute approximate surface area is 127 Å². The molecule has 1 amide bonds. The van der Waals surface area contributed by atoms with Crippen LogP contribution >= 0.6 is 0 Å². The van der Waals surface area contributed by atoms with Crippen LogP contribution in [-0.4, -0.2) is 29.9 Å². The summed E-state index contributed by atoms with van der Waals surface area (Å²) in [5.41, 5.74) is 5.75. The van der Waals surface area contributed by atoms with Crippen LogP contribution in [0.2, 0.25) is 0 Å². The molecule has 0 fully saturated rings. The number of nitrogens with two attached hydrogens (primary N) is 1. The van der Waals surface area contributed by atoms with Gasteiger partial charge in [-0.25, -0.2) is 14.0 Å². The first kappa shape index (κ1) is 17.8. The first-order valence-electron chi connectivity index (χ1n) is 6.80.